The Hall–Kier alpha value is -1.69. The van der Waals surface area contributed by atoms with Crippen molar-refractivity contribution in [3.05, 3.63) is 34.1 Å². The molecule has 0 fully saturated rings. The normalized spacial score (nSPS) is 10.3. The molecule has 17 heavy (non-hydrogen) atoms. The number of halogens is 1. The van der Waals surface area contributed by atoms with Gasteiger partial charge in [0.25, 0.3) is 5.69 Å². The lowest BCUT2D eigenvalue weighted by Gasteiger charge is -2.18. The van der Waals surface area contributed by atoms with Gasteiger partial charge in [-0.05, 0) is 13.0 Å². The molecule has 0 unspecified atom stereocenters. The fourth-order valence-corrected chi connectivity index (χ4v) is 1.36. The maximum atomic E-state index is 13.2. The van der Waals surface area contributed by atoms with E-state index in [9.17, 15) is 14.5 Å². The molecule has 0 N–H and O–H groups in total. The fourth-order valence-electron chi connectivity index (χ4n) is 1.36. The van der Waals surface area contributed by atoms with Crippen LogP contribution in [0.15, 0.2) is 18.2 Å². The first-order valence-corrected chi connectivity index (χ1v) is 5.28. The second-order valence-electron chi connectivity index (χ2n) is 3.54. The number of anilines is 1. The van der Waals surface area contributed by atoms with Gasteiger partial charge in [0.15, 0.2) is 0 Å². The number of likely N-dealkylation sites (N-methyl/N-ethyl adjacent to an activating group) is 1. The number of nitro groups is 1. The second-order valence-corrected chi connectivity index (χ2v) is 3.54. The molecule has 0 aliphatic heterocycles. The average Bonchev–Trinajstić information content (AvgIpc) is 2.28. The number of nitro benzene ring substituents is 1. The van der Waals surface area contributed by atoms with Gasteiger partial charge >= 0.3 is 0 Å². The third kappa shape index (κ3) is 3.99. The molecule has 0 atom stereocenters. The number of benzene rings is 1. The molecule has 0 saturated carbocycles. The van der Waals surface area contributed by atoms with E-state index in [2.05, 4.69) is 0 Å². The molecule has 5 nitrogen and oxygen atoms in total. The third-order valence-corrected chi connectivity index (χ3v) is 2.29. The van der Waals surface area contributed by atoms with Gasteiger partial charge in [0.05, 0.1) is 17.6 Å². The molecule has 0 aromatic heterocycles. The van der Waals surface area contributed by atoms with Crippen molar-refractivity contribution in [2.75, 3.05) is 31.7 Å². The Morgan fingerprint density at radius 3 is 2.76 bits per heavy atom. The molecule has 1 aromatic carbocycles. The van der Waals surface area contributed by atoms with Gasteiger partial charge in [0.2, 0.25) is 0 Å². The first-order valence-electron chi connectivity index (χ1n) is 5.28. The molecule has 0 spiro atoms. The van der Waals surface area contributed by atoms with Crippen LogP contribution in [0.3, 0.4) is 0 Å². The molecule has 1 rings (SSSR count). The molecule has 0 radical (unpaired) electrons. The fraction of sp³-hybridized carbons (Fsp3) is 0.455. The van der Waals surface area contributed by atoms with Gasteiger partial charge in [-0.3, -0.25) is 10.1 Å². The number of hydrogen-bond donors (Lipinski definition) is 0. The highest BCUT2D eigenvalue weighted by Crippen LogP contribution is 2.22. The summed E-state index contributed by atoms with van der Waals surface area (Å²) in [5.41, 5.74) is 0.222. The van der Waals surface area contributed by atoms with Crippen molar-refractivity contribution in [1.29, 1.82) is 0 Å². The quantitative estimate of drug-likeness (QED) is 0.436. The van der Waals surface area contributed by atoms with Crippen LogP contribution in [0.4, 0.5) is 15.8 Å². The minimum Gasteiger partial charge on any atom is -0.380 e. The van der Waals surface area contributed by atoms with Gasteiger partial charge in [0.1, 0.15) is 5.82 Å². The largest absolute Gasteiger partial charge is 0.380 e. The summed E-state index contributed by atoms with van der Waals surface area (Å²) >= 11 is 0. The Bertz CT molecular complexity index is 398. The zero-order valence-corrected chi connectivity index (χ0v) is 9.85. The number of nitrogens with zero attached hydrogens (tertiary/aromatic N) is 2. The molecule has 1 aromatic rings. The lowest BCUT2D eigenvalue weighted by atomic mass is 10.2. The maximum Gasteiger partial charge on any atom is 0.274 e. The van der Waals surface area contributed by atoms with Crippen LogP contribution in [0.25, 0.3) is 0 Å². The number of hydrogen-bond acceptors (Lipinski definition) is 4. The minimum absolute atomic E-state index is 0.247. The van der Waals surface area contributed by atoms with Crippen LogP contribution in [-0.2, 0) is 4.74 Å². The highest BCUT2D eigenvalue weighted by molar-refractivity contribution is 5.53. The summed E-state index contributed by atoms with van der Waals surface area (Å²) in [6, 6.07) is 3.51. The van der Waals surface area contributed by atoms with E-state index in [0.29, 0.717) is 25.4 Å². The van der Waals surface area contributed by atoms with Crippen molar-refractivity contribution in [2.24, 2.45) is 0 Å². The summed E-state index contributed by atoms with van der Waals surface area (Å²) in [5, 5.41) is 10.6. The van der Waals surface area contributed by atoms with Crippen LogP contribution in [0.5, 0.6) is 0 Å². The van der Waals surface area contributed by atoms with E-state index in [1.807, 2.05) is 6.92 Å². The lowest BCUT2D eigenvalue weighted by Crippen LogP contribution is -2.22. The average molecular weight is 242 g/mol. The van der Waals surface area contributed by atoms with Gasteiger partial charge in [-0.15, -0.1) is 0 Å². The van der Waals surface area contributed by atoms with Crippen LogP contribution < -0.4 is 4.90 Å². The predicted molar refractivity (Wildman–Crippen MR) is 62.8 cm³/mol. The van der Waals surface area contributed by atoms with Crippen LogP contribution in [0.2, 0.25) is 0 Å². The smallest absolute Gasteiger partial charge is 0.274 e. The minimum atomic E-state index is -0.613. The van der Waals surface area contributed by atoms with E-state index in [0.717, 1.165) is 6.07 Å². The summed E-state index contributed by atoms with van der Waals surface area (Å²) in [7, 11) is 1.73. The Labute approximate surface area is 98.9 Å². The van der Waals surface area contributed by atoms with Gasteiger partial charge in [-0.1, -0.05) is 0 Å². The molecular formula is C11H15FN2O3. The van der Waals surface area contributed by atoms with Crippen LogP contribution in [0, 0.1) is 15.9 Å². The number of rotatable bonds is 6. The zero-order valence-electron chi connectivity index (χ0n) is 9.85. The van der Waals surface area contributed by atoms with Crippen molar-refractivity contribution in [1.82, 2.24) is 0 Å². The van der Waals surface area contributed by atoms with Crippen molar-refractivity contribution in [3.8, 4) is 0 Å². The van der Waals surface area contributed by atoms with Crippen molar-refractivity contribution in [3.63, 3.8) is 0 Å². The summed E-state index contributed by atoms with van der Waals surface area (Å²) in [5.74, 6) is -0.613. The molecule has 0 saturated heterocycles. The van der Waals surface area contributed by atoms with Crippen molar-refractivity contribution in [2.45, 2.75) is 6.92 Å². The van der Waals surface area contributed by atoms with Crippen molar-refractivity contribution < 1.29 is 14.1 Å². The molecule has 0 aliphatic rings. The summed E-state index contributed by atoms with van der Waals surface area (Å²) < 4.78 is 18.3. The topological polar surface area (TPSA) is 55.6 Å². The standard InChI is InChI=1S/C11H15FN2O3/c1-3-17-5-4-13(2)10-6-9(12)7-11(8-10)14(15)16/h6-8H,3-5H2,1-2H3. The highest BCUT2D eigenvalue weighted by Gasteiger charge is 2.12. The van der Waals surface area contributed by atoms with Gasteiger partial charge in [-0.2, -0.15) is 0 Å². The SMILES string of the molecule is CCOCCN(C)c1cc(F)cc([N+](=O)[O-])c1. The van der Waals surface area contributed by atoms with Crippen LogP contribution >= 0.6 is 0 Å². The first kappa shape index (κ1) is 13.4. The Kier molecular flexibility index (Phi) is 4.84. The molecule has 0 amide bonds. The summed E-state index contributed by atoms with van der Waals surface area (Å²) in [6.07, 6.45) is 0. The highest BCUT2D eigenvalue weighted by atomic mass is 19.1. The van der Waals surface area contributed by atoms with E-state index >= 15 is 0 Å². The lowest BCUT2D eigenvalue weighted by molar-refractivity contribution is -0.385. The van der Waals surface area contributed by atoms with Gasteiger partial charge < -0.3 is 9.64 Å². The summed E-state index contributed by atoms with van der Waals surface area (Å²) in [4.78, 5) is 11.7. The molecule has 0 bridgehead atoms. The predicted octanol–water partition coefficient (Wildman–Crippen LogP) is 2.21. The maximum absolute atomic E-state index is 13.2. The third-order valence-electron chi connectivity index (χ3n) is 2.29. The Balaban J connectivity index is 2.78. The molecule has 0 heterocycles. The van der Waals surface area contributed by atoms with E-state index in [1.165, 1.54) is 12.1 Å². The molecule has 94 valence electrons. The van der Waals surface area contributed by atoms with Crippen molar-refractivity contribution >= 4 is 11.4 Å². The molecule has 0 aliphatic carbocycles. The first-order chi connectivity index (χ1) is 8.04. The molecular weight excluding hydrogens is 227 g/mol. The van der Waals surface area contributed by atoms with E-state index in [-0.39, 0.29) is 5.69 Å². The van der Waals surface area contributed by atoms with Gasteiger partial charge in [0, 0.05) is 32.0 Å². The monoisotopic (exact) mass is 242 g/mol. The summed E-state index contributed by atoms with van der Waals surface area (Å²) in [6.45, 7) is 3.54. The van der Waals surface area contributed by atoms with Crippen LogP contribution in [0.1, 0.15) is 6.92 Å². The Morgan fingerprint density at radius 2 is 2.18 bits per heavy atom. The van der Waals surface area contributed by atoms with E-state index in [1.54, 1.807) is 11.9 Å². The molecule has 6 heteroatoms. The van der Waals surface area contributed by atoms with Gasteiger partial charge in [-0.25, -0.2) is 4.39 Å². The second kappa shape index (κ2) is 6.15. The number of ether oxygens (including phenoxy) is 1. The zero-order chi connectivity index (χ0) is 12.8. The van der Waals surface area contributed by atoms with E-state index in [4.69, 9.17) is 4.74 Å². The van der Waals surface area contributed by atoms with E-state index < -0.39 is 10.7 Å². The number of non-ortho nitro benzene ring substituents is 1. The Morgan fingerprint density at radius 1 is 1.47 bits per heavy atom. The van der Waals surface area contributed by atoms with Crippen LogP contribution in [-0.4, -0.2) is 31.7 Å².